The zero-order valence-electron chi connectivity index (χ0n) is 17.0. The number of thioether (sulfide) groups is 1. The molecule has 9 nitrogen and oxygen atoms in total. The van der Waals surface area contributed by atoms with Gasteiger partial charge in [0, 0.05) is 6.54 Å². The molecule has 30 heavy (non-hydrogen) atoms. The molecule has 0 spiro atoms. The number of rotatable bonds is 7. The maximum Gasteiger partial charge on any atom is 0.454 e. The van der Waals surface area contributed by atoms with Crippen LogP contribution in [0, 0.1) is 5.92 Å². The summed E-state index contributed by atoms with van der Waals surface area (Å²) in [7, 11) is -1.02. The lowest BCUT2D eigenvalue weighted by atomic mass is 9.80. The lowest BCUT2D eigenvalue weighted by Crippen LogP contribution is -2.55. The fourth-order valence-corrected chi connectivity index (χ4v) is 3.29. The first-order valence-electron chi connectivity index (χ1n) is 9.73. The molecular weight excluding hydrogens is 409 g/mol. The number of carbonyl (C=O) groups excluding carboxylic acids is 1. The molecule has 11 heteroatoms. The van der Waals surface area contributed by atoms with E-state index in [1.165, 1.54) is 11.8 Å². The Hall–Kier alpha value is -2.08. The van der Waals surface area contributed by atoms with Crippen molar-refractivity contribution in [3.63, 3.8) is 0 Å². The summed E-state index contributed by atoms with van der Waals surface area (Å²) in [5.74, 6) is -1.02. The standard InChI is InChI=1S/C19H28BN3O6S/c1-3-30-17(8-21)22-9-18(24)23-10-14(11-23)29-16-5-4-13(2)6-7-20(27)28-12-15(16)19(25)26/h3-5,13-14,27H,1,6-12,21H2,2H3,(H,25,26). The molecule has 0 radical (unpaired) electrons. The maximum absolute atomic E-state index is 12.2. The summed E-state index contributed by atoms with van der Waals surface area (Å²) in [6, 6.07) is 0. The molecule has 0 bridgehead atoms. The topological polar surface area (TPSA) is 135 Å². The molecule has 1 saturated heterocycles. The number of ether oxygens (including phenoxy) is 1. The van der Waals surface area contributed by atoms with Gasteiger partial charge in [0.1, 0.15) is 24.0 Å². The van der Waals surface area contributed by atoms with Crippen LogP contribution >= 0.6 is 11.8 Å². The molecule has 0 aromatic heterocycles. The molecule has 0 aliphatic carbocycles. The van der Waals surface area contributed by atoms with Gasteiger partial charge >= 0.3 is 13.1 Å². The van der Waals surface area contributed by atoms with Gasteiger partial charge in [-0.3, -0.25) is 9.79 Å². The number of allylic oxidation sites excluding steroid dienone is 2. The molecule has 1 amide bonds. The first-order valence-corrected chi connectivity index (χ1v) is 10.6. The van der Waals surface area contributed by atoms with Gasteiger partial charge < -0.3 is 30.2 Å². The number of likely N-dealkylation sites (tertiary alicyclic amines) is 1. The highest BCUT2D eigenvalue weighted by Crippen LogP contribution is 2.22. The second kappa shape index (κ2) is 11.9. The summed E-state index contributed by atoms with van der Waals surface area (Å²) in [5, 5.41) is 21.6. The molecule has 1 fully saturated rings. The Kier molecular flexibility index (Phi) is 9.63. The van der Waals surface area contributed by atoms with Gasteiger partial charge in [0.15, 0.2) is 0 Å². The molecule has 1 unspecified atom stereocenters. The zero-order chi connectivity index (χ0) is 22.1. The summed E-state index contributed by atoms with van der Waals surface area (Å²) in [4.78, 5) is 29.7. The van der Waals surface area contributed by atoms with Crippen LogP contribution in [-0.2, 0) is 19.0 Å². The fraction of sp³-hybridized carbons (Fsp3) is 0.526. The van der Waals surface area contributed by atoms with E-state index in [2.05, 4.69) is 11.6 Å². The van der Waals surface area contributed by atoms with Crippen LogP contribution in [0.15, 0.2) is 40.5 Å². The molecule has 2 aliphatic heterocycles. The van der Waals surface area contributed by atoms with Crippen molar-refractivity contribution < 1.29 is 29.1 Å². The number of nitrogens with zero attached hydrogens (tertiary/aromatic N) is 2. The molecule has 164 valence electrons. The molecule has 2 heterocycles. The quantitative estimate of drug-likeness (QED) is 0.304. The van der Waals surface area contributed by atoms with Gasteiger partial charge in [-0.2, -0.15) is 0 Å². The maximum atomic E-state index is 12.2. The molecule has 2 rings (SSSR count). The van der Waals surface area contributed by atoms with E-state index in [0.29, 0.717) is 30.9 Å². The highest BCUT2D eigenvalue weighted by atomic mass is 32.2. The number of hydrogen-bond acceptors (Lipinski definition) is 8. The first-order chi connectivity index (χ1) is 14.3. The minimum atomic E-state index is -1.18. The van der Waals surface area contributed by atoms with E-state index < -0.39 is 13.1 Å². The number of aliphatic imine (C=N–C) groups is 1. The fourth-order valence-electron chi connectivity index (χ4n) is 2.86. The van der Waals surface area contributed by atoms with Crippen molar-refractivity contribution in [1.29, 1.82) is 0 Å². The Morgan fingerprint density at radius 1 is 1.53 bits per heavy atom. The summed E-state index contributed by atoms with van der Waals surface area (Å²) in [6.07, 6.45) is 4.30. The number of amides is 1. The molecular formula is C19H28BN3O6S. The lowest BCUT2D eigenvalue weighted by molar-refractivity contribution is -0.141. The molecule has 4 N–H and O–H groups in total. The minimum absolute atomic E-state index is 0.00763. The van der Waals surface area contributed by atoms with Crippen LogP contribution in [0.25, 0.3) is 0 Å². The molecule has 2 aliphatic rings. The van der Waals surface area contributed by atoms with Crippen LogP contribution < -0.4 is 5.73 Å². The Balaban J connectivity index is 2.00. The van der Waals surface area contributed by atoms with E-state index in [4.69, 9.17) is 15.1 Å². The lowest BCUT2D eigenvalue weighted by Gasteiger charge is -2.39. The zero-order valence-corrected chi connectivity index (χ0v) is 17.8. The van der Waals surface area contributed by atoms with E-state index >= 15 is 0 Å². The minimum Gasteiger partial charge on any atom is -0.486 e. The van der Waals surface area contributed by atoms with Crippen LogP contribution in [0.3, 0.4) is 0 Å². The van der Waals surface area contributed by atoms with E-state index in [1.54, 1.807) is 16.4 Å². The van der Waals surface area contributed by atoms with Gasteiger partial charge in [-0.05, 0) is 30.1 Å². The number of carboxylic acid groups (broad SMARTS) is 1. The number of carbonyl (C=O) groups is 2. The average Bonchev–Trinajstić information content (AvgIpc) is 2.68. The number of hydrogen-bond donors (Lipinski definition) is 3. The largest absolute Gasteiger partial charge is 0.486 e. The monoisotopic (exact) mass is 437 g/mol. The van der Waals surface area contributed by atoms with Crippen LogP contribution in [0.1, 0.15) is 13.3 Å². The van der Waals surface area contributed by atoms with Crippen molar-refractivity contribution in [2.24, 2.45) is 16.6 Å². The highest BCUT2D eigenvalue weighted by Gasteiger charge is 2.33. The van der Waals surface area contributed by atoms with Gasteiger partial charge in [-0.1, -0.05) is 31.3 Å². The third-order valence-electron chi connectivity index (χ3n) is 4.70. The highest BCUT2D eigenvalue weighted by molar-refractivity contribution is 8.16. The summed E-state index contributed by atoms with van der Waals surface area (Å²) in [6.45, 7) is 6.20. The summed E-state index contributed by atoms with van der Waals surface area (Å²) >= 11 is 1.28. The van der Waals surface area contributed by atoms with Gasteiger partial charge in [0.05, 0.1) is 24.7 Å². The SMILES string of the molecule is C=CSC(CN)=NCC(=O)N1CC(OC2=C(C(=O)O)COB(O)CCC(C)C=C2)C1. The van der Waals surface area contributed by atoms with Crippen molar-refractivity contribution >= 4 is 35.8 Å². The summed E-state index contributed by atoms with van der Waals surface area (Å²) in [5.41, 5.74) is 5.50. The van der Waals surface area contributed by atoms with Gasteiger partial charge in [0.25, 0.3) is 0 Å². The van der Waals surface area contributed by atoms with Crippen molar-refractivity contribution in [3.8, 4) is 0 Å². The predicted octanol–water partition coefficient (Wildman–Crippen LogP) is 0.879. The van der Waals surface area contributed by atoms with Gasteiger partial charge in [-0.15, -0.1) is 0 Å². The van der Waals surface area contributed by atoms with E-state index in [9.17, 15) is 19.7 Å². The van der Waals surface area contributed by atoms with Gasteiger partial charge in [-0.25, -0.2) is 4.79 Å². The second-order valence-electron chi connectivity index (χ2n) is 7.06. The number of aliphatic carboxylic acids is 1. The van der Waals surface area contributed by atoms with Crippen LogP contribution in [0.4, 0.5) is 0 Å². The first kappa shape index (κ1) is 24.2. The molecule has 0 aromatic rings. The van der Waals surface area contributed by atoms with Crippen LogP contribution in [-0.4, -0.2) is 78.0 Å². The normalized spacial score (nSPS) is 21.3. The average molecular weight is 437 g/mol. The van der Waals surface area contributed by atoms with E-state index in [1.807, 2.05) is 13.0 Å². The van der Waals surface area contributed by atoms with Crippen LogP contribution in [0.2, 0.25) is 6.32 Å². The Labute approximate surface area is 180 Å². The van der Waals surface area contributed by atoms with Crippen molar-refractivity contribution in [1.82, 2.24) is 4.90 Å². The number of carboxylic acids is 1. The van der Waals surface area contributed by atoms with Crippen molar-refractivity contribution in [2.75, 3.05) is 32.8 Å². The summed E-state index contributed by atoms with van der Waals surface area (Å²) < 4.78 is 11.1. The Morgan fingerprint density at radius 3 is 2.90 bits per heavy atom. The Morgan fingerprint density at radius 2 is 2.27 bits per heavy atom. The molecule has 1 atom stereocenters. The van der Waals surface area contributed by atoms with Gasteiger partial charge in [0.2, 0.25) is 5.91 Å². The molecule has 0 saturated carbocycles. The molecule has 0 aromatic carbocycles. The van der Waals surface area contributed by atoms with E-state index in [-0.39, 0.29) is 49.0 Å². The second-order valence-corrected chi connectivity index (χ2v) is 8.10. The smallest absolute Gasteiger partial charge is 0.454 e. The third-order valence-corrected chi connectivity index (χ3v) is 5.43. The predicted molar refractivity (Wildman–Crippen MR) is 117 cm³/mol. The van der Waals surface area contributed by atoms with Crippen molar-refractivity contribution in [3.05, 3.63) is 35.5 Å². The third kappa shape index (κ3) is 7.31. The van der Waals surface area contributed by atoms with Crippen LogP contribution in [0.5, 0.6) is 0 Å². The van der Waals surface area contributed by atoms with E-state index in [0.717, 1.165) is 0 Å². The Bertz CT molecular complexity index is 736. The van der Waals surface area contributed by atoms with Crippen molar-refractivity contribution in [2.45, 2.75) is 25.8 Å². The number of nitrogens with two attached hydrogens (primary N) is 1.